The SMILES string of the molecule is CC(C)(C)NC(=O)NS(=O)(=O)c1cc([N+](=O)[O-])ccc1Oc1cccc(I)c1.CC(C)NC(=O)NS(=O)(=O)c1cc([N+](=O)[O-])ccc1Oc1cccc(-c2ccc(I)cc2)c1.CC(C)NC(=O)NS(=O)(=O)c1cc([N+](=O)[O-])ccc1Oc1cccc(I)c1.CCCCCNC(=O)NS(=O)(=O)c1cc([N+](=O)[O-])ccc1Oc1cccc(I)c1. The van der Waals surface area contributed by atoms with Gasteiger partial charge in [0.05, 0.1) is 19.7 Å². The Morgan fingerprint density at radius 3 is 0.966 bits per heavy atom. The van der Waals surface area contributed by atoms with E-state index in [0.29, 0.717) is 36.0 Å². The van der Waals surface area contributed by atoms with E-state index in [9.17, 15) is 93.3 Å². The minimum atomic E-state index is -4.47. The molecule has 0 saturated carbocycles. The van der Waals surface area contributed by atoms with Crippen molar-refractivity contribution in [1.29, 1.82) is 0 Å². The van der Waals surface area contributed by atoms with Gasteiger partial charge in [-0.25, -0.2) is 71.7 Å². The topological polar surface area (TPSA) is 511 Å². The van der Waals surface area contributed by atoms with E-state index in [1.54, 1.807) is 121 Å². The number of nitro groups is 4. The molecule has 0 aliphatic carbocycles. The molecule has 9 rings (SSSR count). The van der Waals surface area contributed by atoms with Crippen molar-refractivity contribution in [3.8, 4) is 57.1 Å². The molecule has 44 heteroatoms. The van der Waals surface area contributed by atoms with Crippen LogP contribution in [-0.4, -0.2) is 102 Å². The average molecular weight is 2140 g/mol. The van der Waals surface area contributed by atoms with Crippen LogP contribution in [0.2, 0.25) is 0 Å². The maximum atomic E-state index is 12.9. The molecule has 0 aliphatic heterocycles. The lowest BCUT2D eigenvalue weighted by Gasteiger charge is -2.21. The first-order valence-corrected chi connectivity index (χ1v) is 44.3. The molecule has 0 spiro atoms. The Bertz CT molecular complexity index is 5660. The zero-order chi connectivity index (χ0) is 86.9. The molecule has 0 saturated heterocycles. The summed E-state index contributed by atoms with van der Waals surface area (Å²) >= 11 is 8.40. The number of nitrogens with one attached hydrogen (secondary N) is 8. The van der Waals surface area contributed by atoms with Crippen molar-refractivity contribution in [3.63, 3.8) is 0 Å². The molecular weight excluding hydrogens is 2060 g/mol. The number of carbonyl (C=O) groups excluding carboxylic acids is 4. The molecule has 9 aromatic rings. The first-order chi connectivity index (χ1) is 54.7. The third-order valence-electron chi connectivity index (χ3n) is 14.3. The lowest BCUT2D eigenvalue weighted by Crippen LogP contribution is -2.48. The molecular formula is C73H74I4N12O24S4. The van der Waals surface area contributed by atoms with Crippen LogP contribution in [0.5, 0.6) is 46.0 Å². The maximum Gasteiger partial charge on any atom is 0.329 e. The van der Waals surface area contributed by atoms with Gasteiger partial charge < -0.3 is 40.2 Å². The summed E-state index contributed by atoms with van der Waals surface area (Å²) in [6.45, 7) is 14.0. The number of nitro benzene ring substituents is 4. The predicted molar refractivity (Wildman–Crippen MR) is 465 cm³/mol. The number of urea groups is 4. The summed E-state index contributed by atoms with van der Waals surface area (Å²) in [5, 5.41) is 54.1. The Kier molecular flexibility index (Phi) is 35.2. The van der Waals surface area contributed by atoms with Gasteiger partial charge in [-0.2, -0.15) is 0 Å². The zero-order valence-electron chi connectivity index (χ0n) is 62.7. The molecule has 0 aromatic heterocycles. The molecule has 8 N–H and O–H groups in total. The Hall–Kier alpha value is -10.4. The number of rotatable bonds is 27. The van der Waals surface area contributed by atoms with Crippen molar-refractivity contribution in [1.82, 2.24) is 40.2 Å². The molecule has 0 fully saturated rings. The van der Waals surface area contributed by atoms with Crippen LogP contribution in [0.15, 0.2) is 214 Å². The van der Waals surface area contributed by atoms with Crippen LogP contribution in [0, 0.1) is 54.7 Å². The molecule has 0 heterocycles. The number of hydrogen-bond donors (Lipinski definition) is 8. The molecule has 8 amide bonds. The first-order valence-electron chi connectivity index (χ1n) is 34.0. The van der Waals surface area contributed by atoms with Gasteiger partial charge in [-0.05, 0) is 260 Å². The number of halogens is 4. The van der Waals surface area contributed by atoms with Crippen molar-refractivity contribution >= 4 is 177 Å². The van der Waals surface area contributed by atoms with E-state index in [0.717, 1.165) is 86.8 Å². The van der Waals surface area contributed by atoms with Gasteiger partial charge in [0.2, 0.25) is 0 Å². The fourth-order valence-corrected chi connectivity index (χ4v) is 15.5. The second-order valence-corrected chi connectivity index (χ2v) is 37.3. The van der Waals surface area contributed by atoms with E-state index in [4.69, 9.17) is 18.9 Å². The number of benzene rings is 9. The van der Waals surface area contributed by atoms with Gasteiger partial charge in [-0.15, -0.1) is 0 Å². The first kappa shape index (κ1) is 95.4. The summed E-state index contributed by atoms with van der Waals surface area (Å²) in [6, 6.07) is 43.5. The number of ether oxygens (including phenoxy) is 4. The van der Waals surface area contributed by atoms with E-state index in [1.165, 1.54) is 24.3 Å². The minimum absolute atomic E-state index is 0.135. The van der Waals surface area contributed by atoms with Gasteiger partial charge in [-0.1, -0.05) is 62.2 Å². The van der Waals surface area contributed by atoms with Crippen molar-refractivity contribution < 1.29 is 91.5 Å². The van der Waals surface area contributed by atoms with Gasteiger partial charge >= 0.3 is 24.1 Å². The molecule has 9 aromatic carbocycles. The lowest BCUT2D eigenvalue weighted by atomic mass is 10.1. The fourth-order valence-electron chi connectivity index (χ4n) is 9.37. The van der Waals surface area contributed by atoms with E-state index in [-0.39, 0.29) is 35.1 Å². The Morgan fingerprint density at radius 2 is 0.675 bits per heavy atom. The van der Waals surface area contributed by atoms with Crippen LogP contribution < -0.4 is 59.1 Å². The molecule has 117 heavy (non-hydrogen) atoms. The summed E-state index contributed by atoms with van der Waals surface area (Å²) in [5.74, 6) is 0.773. The molecule has 0 unspecified atom stereocenters. The highest BCUT2D eigenvalue weighted by molar-refractivity contribution is 14.1. The number of amides is 8. The maximum absolute atomic E-state index is 12.9. The number of unbranched alkanes of at least 4 members (excludes halogenated alkanes) is 2. The summed E-state index contributed by atoms with van der Waals surface area (Å²) in [6.07, 6.45) is 2.56. The Balaban J connectivity index is 0.000000243. The van der Waals surface area contributed by atoms with Crippen LogP contribution in [0.25, 0.3) is 11.1 Å². The molecule has 0 bridgehead atoms. The van der Waals surface area contributed by atoms with Crippen molar-refractivity contribution in [2.45, 2.75) is 112 Å². The molecule has 0 aliphatic rings. The molecule has 622 valence electrons. The van der Waals surface area contributed by atoms with Crippen LogP contribution in [-0.2, 0) is 40.1 Å². The third kappa shape index (κ3) is 31.2. The van der Waals surface area contributed by atoms with E-state index in [2.05, 4.69) is 112 Å². The second-order valence-electron chi connectivity index (χ2n) is 25.7. The normalized spacial score (nSPS) is 11.2. The average Bonchev–Trinajstić information content (AvgIpc) is 0.813. The van der Waals surface area contributed by atoms with Crippen LogP contribution in [0.3, 0.4) is 0 Å². The van der Waals surface area contributed by atoms with Crippen LogP contribution in [0.4, 0.5) is 41.9 Å². The van der Waals surface area contributed by atoms with E-state index >= 15 is 0 Å². The summed E-state index contributed by atoms with van der Waals surface area (Å²) in [7, 11) is -17.7. The highest BCUT2D eigenvalue weighted by Gasteiger charge is 2.32. The van der Waals surface area contributed by atoms with Gasteiger partial charge in [0.15, 0.2) is 0 Å². The highest BCUT2D eigenvalue weighted by Crippen LogP contribution is 2.38. The van der Waals surface area contributed by atoms with Crippen LogP contribution >= 0.6 is 90.4 Å². The van der Waals surface area contributed by atoms with Gasteiger partial charge in [0.1, 0.15) is 65.6 Å². The number of hydrogen-bond acceptors (Lipinski definition) is 24. The smallest absolute Gasteiger partial charge is 0.329 e. The summed E-state index contributed by atoms with van der Waals surface area (Å²) in [4.78, 5) is 87.1. The Morgan fingerprint density at radius 1 is 0.376 bits per heavy atom. The molecule has 0 atom stereocenters. The van der Waals surface area contributed by atoms with E-state index < -0.39 is 132 Å². The zero-order valence-corrected chi connectivity index (χ0v) is 74.6. The highest BCUT2D eigenvalue weighted by atomic mass is 127. The minimum Gasteiger partial charge on any atom is -0.456 e. The van der Waals surface area contributed by atoms with Crippen molar-refractivity contribution in [2.75, 3.05) is 6.54 Å². The summed E-state index contributed by atoms with van der Waals surface area (Å²) in [5.41, 5.74) is -0.707. The lowest BCUT2D eigenvalue weighted by molar-refractivity contribution is -0.385. The fraction of sp³-hybridized carbons (Fsp3) is 0.205. The van der Waals surface area contributed by atoms with E-state index in [1.807, 2.05) is 74.3 Å². The number of carbonyl (C=O) groups is 4. The predicted octanol–water partition coefficient (Wildman–Crippen LogP) is 16.4. The van der Waals surface area contributed by atoms with Crippen molar-refractivity contribution in [3.05, 3.63) is 249 Å². The van der Waals surface area contributed by atoms with Crippen molar-refractivity contribution in [2.24, 2.45) is 0 Å². The largest absolute Gasteiger partial charge is 0.456 e. The number of nitrogens with zero attached hydrogens (tertiary/aromatic N) is 4. The molecule has 36 nitrogen and oxygen atoms in total. The van der Waals surface area contributed by atoms with Gasteiger partial charge in [0, 0.05) is 87.0 Å². The molecule has 0 radical (unpaired) electrons. The quantitative estimate of drug-likeness (QED) is 0.0103. The van der Waals surface area contributed by atoms with Gasteiger partial charge in [0.25, 0.3) is 62.8 Å². The Labute approximate surface area is 726 Å². The number of sulfonamides is 4. The standard InChI is InChI=1S/C22H20IN3O6S.C18H20IN3O6S.C17H18IN3O6S.C16H16IN3O6S/c1-14(2)24-22(27)25-33(30,31)21-13-18(26(28)29)10-11-20(21)32-19-5-3-4-16(12-19)15-6-8-17(23)9-7-15;1-2-3-4-10-20-18(23)21-29(26,27)17-12-14(22(24)25)8-9-16(17)28-15-7-5-6-13(19)11-15;1-17(2,3)19-16(22)20-28(25,26)15-10-12(21(23)24)7-8-14(15)27-13-6-4-5-11(18)9-13;1-10(2)18-16(21)19-27(24,25)15-9-12(20(22)23)6-7-14(15)26-13-5-3-4-11(17)8-13/h3-14H,1-2H3,(H2,24,25,27);5-9,11-12H,2-4,10H2,1H3,(H2,20,21,23);4-10H,1-3H3,(H2,19,20,22);3-10H,1-2H3,(H2,18,19,21). The van der Waals surface area contributed by atoms with Crippen LogP contribution in [0.1, 0.15) is 74.7 Å². The van der Waals surface area contributed by atoms with Gasteiger partial charge in [-0.3, -0.25) is 40.5 Å². The third-order valence-corrected chi connectivity index (χ3v) is 22.5. The summed E-state index contributed by atoms with van der Waals surface area (Å²) < 4.78 is 135. The monoisotopic (exact) mass is 2140 g/mol. The second kappa shape index (κ2) is 43.2. The number of non-ortho nitro benzene ring substituents is 4.